The Morgan fingerprint density at radius 1 is 1.19 bits per heavy atom. The van der Waals surface area contributed by atoms with Gasteiger partial charge in [-0.2, -0.15) is 0 Å². The van der Waals surface area contributed by atoms with Crippen LogP contribution in [0.25, 0.3) is 0 Å². The van der Waals surface area contributed by atoms with E-state index in [0.717, 1.165) is 31.3 Å². The number of hydrogen-bond donors (Lipinski definition) is 1. The zero-order chi connectivity index (χ0) is 19.5. The summed E-state index contributed by atoms with van der Waals surface area (Å²) in [6.07, 6.45) is 0. The van der Waals surface area contributed by atoms with E-state index >= 15 is 0 Å². The smallest absolute Gasteiger partial charge is 0.193 e. The molecule has 1 aromatic carbocycles. The molecule has 1 N–H and O–H groups in total. The Balaban J connectivity index is 1.64. The van der Waals surface area contributed by atoms with Crippen molar-refractivity contribution >= 4 is 5.96 Å². The lowest BCUT2D eigenvalue weighted by molar-refractivity contribution is 0.124. The van der Waals surface area contributed by atoms with E-state index in [0.29, 0.717) is 12.5 Å². The molecule has 0 bridgehead atoms. The van der Waals surface area contributed by atoms with Crippen LogP contribution in [0.4, 0.5) is 0 Å². The van der Waals surface area contributed by atoms with Crippen molar-refractivity contribution in [3.8, 4) is 5.75 Å². The molecule has 1 aromatic rings. The van der Waals surface area contributed by atoms with Gasteiger partial charge in [-0.25, -0.2) is 0 Å². The third-order valence-corrected chi connectivity index (χ3v) is 5.10. The highest BCUT2D eigenvalue weighted by Gasteiger charge is 2.17. The van der Waals surface area contributed by atoms with Crippen LogP contribution in [-0.4, -0.2) is 93.7 Å². The molecule has 0 saturated carbocycles. The van der Waals surface area contributed by atoms with Crippen LogP contribution in [0, 0.1) is 5.92 Å². The number of guanidine groups is 1. The summed E-state index contributed by atoms with van der Waals surface area (Å²) >= 11 is 0. The first kappa shape index (κ1) is 21.5. The fourth-order valence-corrected chi connectivity index (χ4v) is 3.37. The summed E-state index contributed by atoms with van der Waals surface area (Å²) in [7, 11) is 3.89. The van der Waals surface area contributed by atoms with Gasteiger partial charge in [-0.15, -0.1) is 0 Å². The van der Waals surface area contributed by atoms with Crippen LogP contribution >= 0.6 is 0 Å². The number of likely N-dealkylation sites (N-methyl/N-ethyl adjacent to an activating group) is 2. The molecule has 1 atom stereocenters. The number of aliphatic imine (C=N–C) groups is 1. The molecule has 0 aromatic heterocycles. The minimum Gasteiger partial charge on any atom is -0.492 e. The molecule has 2 rings (SSSR count). The van der Waals surface area contributed by atoms with Crippen LogP contribution in [0.15, 0.2) is 35.3 Å². The van der Waals surface area contributed by atoms with E-state index in [1.165, 1.54) is 32.7 Å². The number of rotatable bonds is 9. The first-order valence-corrected chi connectivity index (χ1v) is 10.2. The van der Waals surface area contributed by atoms with Crippen LogP contribution in [0.3, 0.4) is 0 Å². The van der Waals surface area contributed by atoms with Crippen molar-refractivity contribution in [2.45, 2.75) is 13.8 Å². The zero-order valence-corrected chi connectivity index (χ0v) is 17.5. The van der Waals surface area contributed by atoms with Gasteiger partial charge in [0.15, 0.2) is 5.96 Å². The molecule has 1 fully saturated rings. The Hall–Kier alpha value is -1.79. The third-order valence-electron chi connectivity index (χ3n) is 5.10. The van der Waals surface area contributed by atoms with Gasteiger partial charge in [0.2, 0.25) is 0 Å². The lowest BCUT2D eigenvalue weighted by Gasteiger charge is -2.35. The number of nitrogens with zero attached hydrogens (tertiary/aromatic N) is 4. The number of piperazine rings is 1. The van der Waals surface area contributed by atoms with Gasteiger partial charge >= 0.3 is 0 Å². The summed E-state index contributed by atoms with van der Waals surface area (Å²) in [6, 6.07) is 9.94. The molecular weight excluding hydrogens is 338 g/mol. The van der Waals surface area contributed by atoms with Gasteiger partial charge in [-0.1, -0.05) is 32.0 Å². The van der Waals surface area contributed by atoms with Crippen molar-refractivity contribution in [1.29, 1.82) is 0 Å². The molecule has 1 aliphatic rings. The second-order valence-corrected chi connectivity index (χ2v) is 7.35. The quantitative estimate of drug-likeness (QED) is 0.527. The average molecular weight is 376 g/mol. The maximum Gasteiger partial charge on any atom is 0.193 e. The first-order chi connectivity index (χ1) is 13.1. The Morgan fingerprint density at radius 2 is 1.85 bits per heavy atom. The molecule has 0 amide bonds. The number of nitrogens with one attached hydrogen (secondary N) is 1. The number of hydrogen-bond acceptors (Lipinski definition) is 4. The summed E-state index contributed by atoms with van der Waals surface area (Å²) in [5.74, 6) is 2.42. The molecule has 1 unspecified atom stereocenters. The number of ether oxygens (including phenoxy) is 1. The Labute approximate surface area is 165 Å². The third kappa shape index (κ3) is 7.77. The first-order valence-electron chi connectivity index (χ1n) is 10.2. The maximum atomic E-state index is 5.78. The number of para-hydroxylation sites is 1. The van der Waals surface area contributed by atoms with Gasteiger partial charge in [0, 0.05) is 53.4 Å². The molecule has 0 aliphatic carbocycles. The minimum absolute atomic E-state index is 0.587. The lowest BCUT2D eigenvalue weighted by atomic mass is 10.1. The molecule has 1 aliphatic heterocycles. The van der Waals surface area contributed by atoms with Crippen molar-refractivity contribution in [2.75, 3.05) is 73.1 Å². The predicted octanol–water partition coefficient (Wildman–Crippen LogP) is 1.85. The van der Waals surface area contributed by atoms with Gasteiger partial charge in [-0.05, 0) is 24.6 Å². The van der Waals surface area contributed by atoms with E-state index in [1.807, 2.05) is 37.4 Å². The minimum atomic E-state index is 0.587. The summed E-state index contributed by atoms with van der Waals surface area (Å²) in [5.41, 5.74) is 0. The molecule has 0 spiro atoms. The Kier molecular flexibility index (Phi) is 9.42. The van der Waals surface area contributed by atoms with Crippen molar-refractivity contribution in [1.82, 2.24) is 20.0 Å². The Morgan fingerprint density at radius 3 is 2.48 bits per heavy atom. The normalized spacial score (nSPS) is 17.6. The van der Waals surface area contributed by atoms with Gasteiger partial charge in [0.05, 0.1) is 6.54 Å². The second-order valence-electron chi connectivity index (χ2n) is 7.35. The fourth-order valence-electron chi connectivity index (χ4n) is 3.37. The van der Waals surface area contributed by atoms with E-state index in [9.17, 15) is 0 Å². The van der Waals surface area contributed by atoms with E-state index in [4.69, 9.17) is 4.74 Å². The molecule has 6 heteroatoms. The van der Waals surface area contributed by atoms with Crippen molar-refractivity contribution in [3.05, 3.63) is 30.3 Å². The average Bonchev–Trinajstić information content (AvgIpc) is 2.70. The van der Waals surface area contributed by atoms with Crippen LogP contribution in [0.2, 0.25) is 0 Å². The van der Waals surface area contributed by atoms with Gasteiger partial charge in [0.1, 0.15) is 12.4 Å². The summed E-state index contributed by atoms with van der Waals surface area (Å²) in [6.45, 7) is 14.0. The van der Waals surface area contributed by atoms with Gasteiger partial charge < -0.3 is 24.8 Å². The Bertz CT molecular complexity index is 543. The highest BCUT2D eigenvalue weighted by atomic mass is 16.5. The van der Waals surface area contributed by atoms with E-state index < -0.39 is 0 Å². The highest BCUT2D eigenvalue weighted by Crippen LogP contribution is 2.08. The summed E-state index contributed by atoms with van der Waals surface area (Å²) in [4.78, 5) is 11.6. The van der Waals surface area contributed by atoms with E-state index in [1.54, 1.807) is 0 Å². The van der Waals surface area contributed by atoms with Gasteiger partial charge in [0.25, 0.3) is 0 Å². The molecule has 0 radical (unpaired) electrons. The molecule has 1 heterocycles. The molecular formula is C21H37N5O. The van der Waals surface area contributed by atoms with Crippen molar-refractivity contribution < 1.29 is 4.74 Å². The highest BCUT2D eigenvalue weighted by molar-refractivity contribution is 5.79. The summed E-state index contributed by atoms with van der Waals surface area (Å²) in [5, 5.41) is 3.51. The molecule has 1 saturated heterocycles. The van der Waals surface area contributed by atoms with Crippen LogP contribution in [-0.2, 0) is 0 Å². The number of benzene rings is 1. The topological polar surface area (TPSA) is 43.3 Å². The van der Waals surface area contributed by atoms with E-state index in [2.05, 4.69) is 45.9 Å². The fraction of sp³-hybridized carbons (Fsp3) is 0.667. The monoisotopic (exact) mass is 375 g/mol. The van der Waals surface area contributed by atoms with Crippen molar-refractivity contribution in [2.24, 2.45) is 10.9 Å². The molecule has 6 nitrogen and oxygen atoms in total. The van der Waals surface area contributed by atoms with Crippen LogP contribution < -0.4 is 10.1 Å². The molecule has 152 valence electrons. The van der Waals surface area contributed by atoms with E-state index in [-0.39, 0.29) is 0 Å². The van der Waals surface area contributed by atoms with Gasteiger partial charge in [-0.3, -0.25) is 4.99 Å². The maximum absolute atomic E-state index is 5.78. The van der Waals surface area contributed by atoms with Crippen LogP contribution in [0.1, 0.15) is 13.8 Å². The predicted molar refractivity (Wildman–Crippen MR) is 114 cm³/mol. The standard InChI is InChI=1S/C21H37N5O/c1-5-25-11-13-26(14-12-25)18-19(2)17-23-21(22-3)24(4)15-16-27-20-9-7-6-8-10-20/h6-10,19H,5,11-18H2,1-4H3,(H,22,23). The summed E-state index contributed by atoms with van der Waals surface area (Å²) < 4.78 is 5.78. The lowest BCUT2D eigenvalue weighted by Crippen LogP contribution is -2.49. The largest absolute Gasteiger partial charge is 0.492 e. The van der Waals surface area contributed by atoms with Crippen LogP contribution in [0.5, 0.6) is 5.75 Å². The SMILES string of the molecule is CCN1CCN(CC(C)CNC(=NC)N(C)CCOc2ccccc2)CC1. The van der Waals surface area contributed by atoms with Crippen molar-refractivity contribution in [3.63, 3.8) is 0 Å². The zero-order valence-electron chi connectivity index (χ0n) is 17.5. The molecule has 27 heavy (non-hydrogen) atoms. The second kappa shape index (κ2) is 11.8.